The Labute approximate surface area is 248 Å². The third-order valence-corrected chi connectivity index (χ3v) is 8.31. The van der Waals surface area contributed by atoms with Crippen LogP contribution in [0.5, 0.6) is 5.75 Å². The zero-order valence-corrected chi connectivity index (χ0v) is 24.8. The maximum absolute atomic E-state index is 13.6. The Morgan fingerprint density at radius 3 is 2.14 bits per heavy atom. The van der Waals surface area contributed by atoms with Crippen molar-refractivity contribution in [1.82, 2.24) is 14.6 Å². The van der Waals surface area contributed by atoms with Crippen molar-refractivity contribution in [3.8, 4) is 16.9 Å². The van der Waals surface area contributed by atoms with E-state index >= 15 is 0 Å². The van der Waals surface area contributed by atoms with Gasteiger partial charge >= 0.3 is 6.18 Å². The van der Waals surface area contributed by atoms with Gasteiger partial charge in [-0.2, -0.15) is 13.2 Å². The number of anilines is 1. The summed E-state index contributed by atoms with van der Waals surface area (Å²) in [5.41, 5.74) is 3.47. The molecule has 0 saturated carbocycles. The van der Waals surface area contributed by atoms with Gasteiger partial charge in [-0.25, -0.2) is 13.1 Å². The van der Waals surface area contributed by atoms with E-state index < -0.39 is 34.3 Å². The summed E-state index contributed by atoms with van der Waals surface area (Å²) in [6.45, 7) is 8.05. The lowest BCUT2D eigenvalue weighted by molar-refractivity contribution is -0.130. The van der Waals surface area contributed by atoms with Crippen LogP contribution in [0.1, 0.15) is 53.5 Å². The van der Waals surface area contributed by atoms with Gasteiger partial charge in [-0.1, -0.05) is 26.8 Å². The fraction of sp³-hybridized carbons (Fsp3) is 0.367. The Morgan fingerprint density at radius 1 is 0.907 bits per heavy atom. The molecule has 2 N–H and O–H groups in total. The first-order valence-electron chi connectivity index (χ1n) is 13.6. The highest BCUT2D eigenvalue weighted by molar-refractivity contribution is 7.90. The van der Waals surface area contributed by atoms with Gasteiger partial charge in [0.2, 0.25) is 10.0 Å². The summed E-state index contributed by atoms with van der Waals surface area (Å²) >= 11 is 0. The van der Waals surface area contributed by atoms with E-state index in [0.717, 1.165) is 16.8 Å². The number of halogens is 3. The van der Waals surface area contributed by atoms with Crippen LogP contribution in [0.25, 0.3) is 11.1 Å². The number of benzene rings is 2. The Hall–Kier alpha value is -4.13. The molecule has 2 amide bonds. The highest BCUT2D eigenvalue weighted by Crippen LogP contribution is 2.31. The van der Waals surface area contributed by atoms with E-state index in [1.807, 2.05) is 17.0 Å². The van der Waals surface area contributed by atoms with Crippen LogP contribution in [0.4, 0.5) is 18.9 Å². The van der Waals surface area contributed by atoms with E-state index in [0.29, 0.717) is 37.3 Å². The van der Waals surface area contributed by atoms with Crippen molar-refractivity contribution in [2.24, 2.45) is 0 Å². The molecule has 43 heavy (non-hydrogen) atoms. The highest BCUT2D eigenvalue weighted by atomic mass is 32.2. The highest BCUT2D eigenvalue weighted by Gasteiger charge is 2.31. The fourth-order valence-electron chi connectivity index (χ4n) is 4.61. The SMILES string of the molecule is CC(C)(C)c1cc(C(=O)N2CCN(c3ccc(C(=O)NS(=O)(=O)CCC(F)(F)F)cc3)CC2)cc(-c2cncc(O)c2)c1. The van der Waals surface area contributed by atoms with E-state index in [9.17, 15) is 36.3 Å². The van der Waals surface area contributed by atoms with Gasteiger partial charge in [-0.3, -0.25) is 14.6 Å². The average molecular weight is 619 g/mol. The predicted molar refractivity (Wildman–Crippen MR) is 157 cm³/mol. The van der Waals surface area contributed by atoms with Crippen LogP contribution in [0.2, 0.25) is 0 Å². The normalized spacial score (nSPS) is 14.5. The number of aromatic hydroxyl groups is 1. The molecule has 0 unspecified atom stereocenters. The van der Waals surface area contributed by atoms with Crippen molar-refractivity contribution < 1.29 is 36.3 Å². The maximum Gasteiger partial charge on any atom is 0.390 e. The third kappa shape index (κ3) is 8.46. The van der Waals surface area contributed by atoms with Crippen molar-refractivity contribution in [1.29, 1.82) is 0 Å². The Balaban J connectivity index is 1.41. The van der Waals surface area contributed by atoms with Gasteiger partial charge in [-0.15, -0.1) is 0 Å². The maximum atomic E-state index is 13.6. The molecule has 2 aromatic carbocycles. The second kappa shape index (κ2) is 12.2. The molecule has 0 atom stereocenters. The predicted octanol–water partition coefficient (Wildman–Crippen LogP) is 4.73. The van der Waals surface area contributed by atoms with Gasteiger partial charge in [0.15, 0.2) is 0 Å². The van der Waals surface area contributed by atoms with Crippen molar-refractivity contribution in [2.75, 3.05) is 36.8 Å². The minimum atomic E-state index is -4.65. The summed E-state index contributed by atoms with van der Waals surface area (Å²) in [6, 6.07) is 13.3. The minimum absolute atomic E-state index is 0.00961. The minimum Gasteiger partial charge on any atom is -0.506 e. The number of carbonyl (C=O) groups is 2. The number of nitrogens with zero attached hydrogens (tertiary/aromatic N) is 3. The molecular weight excluding hydrogens is 585 g/mol. The van der Waals surface area contributed by atoms with E-state index in [-0.39, 0.29) is 22.6 Å². The van der Waals surface area contributed by atoms with Gasteiger partial charge in [-0.05, 0) is 59.0 Å². The van der Waals surface area contributed by atoms with Gasteiger partial charge in [0.05, 0.1) is 18.4 Å². The van der Waals surface area contributed by atoms with Crippen molar-refractivity contribution in [3.05, 3.63) is 77.6 Å². The Kier molecular flexibility index (Phi) is 9.05. The molecule has 1 fully saturated rings. The van der Waals surface area contributed by atoms with E-state index in [1.165, 1.54) is 18.3 Å². The molecule has 230 valence electrons. The number of hydrogen-bond acceptors (Lipinski definition) is 7. The van der Waals surface area contributed by atoms with E-state index in [2.05, 4.69) is 25.8 Å². The first-order valence-corrected chi connectivity index (χ1v) is 15.2. The first-order chi connectivity index (χ1) is 20.0. The largest absolute Gasteiger partial charge is 0.506 e. The van der Waals surface area contributed by atoms with Crippen LogP contribution in [-0.4, -0.2) is 73.3 Å². The molecule has 13 heteroatoms. The second-order valence-electron chi connectivity index (χ2n) is 11.4. The number of alkyl halides is 3. The Morgan fingerprint density at radius 2 is 1.56 bits per heavy atom. The van der Waals surface area contributed by atoms with Crippen LogP contribution in [0, 0.1) is 0 Å². The zero-order chi connectivity index (χ0) is 31.6. The monoisotopic (exact) mass is 618 g/mol. The number of rotatable bonds is 7. The number of aromatic nitrogens is 1. The van der Waals surface area contributed by atoms with Crippen molar-refractivity contribution in [3.63, 3.8) is 0 Å². The number of carbonyl (C=O) groups excluding carboxylic acids is 2. The fourth-order valence-corrected chi connectivity index (χ4v) is 5.61. The van der Waals surface area contributed by atoms with Gasteiger partial charge in [0.1, 0.15) is 5.75 Å². The molecular formula is C30H33F3N4O5S. The molecule has 0 aliphatic carbocycles. The van der Waals surface area contributed by atoms with Gasteiger partial charge in [0, 0.05) is 54.8 Å². The molecule has 1 aromatic heterocycles. The van der Waals surface area contributed by atoms with Crippen molar-refractivity contribution in [2.45, 2.75) is 38.8 Å². The number of pyridine rings is 1. The van der Waals surface area contributed by atoms with Gasteiger partial charge < -0.3 is 14.9 Å². The molecule has 3 aromatic rings. The topological polar surface area (TPSA) is 120 Å². The summed E-state index contributed by atoms with van der Waals surface area (Å²) < 4.78 is 62.4. The van der Waals surface area contributed by atoms with Crippen LogP contribution in [-0.2, 0) is 15.4 Å². The van der Waals surface area contributed by atoms with Crippen LogP contribution >= 0.6 is 0 Å². The number of amides is 2. The van der Waals surface area contributed by atoms with Gasteiger partial charge in [0.25, 0.3) is 11.8 Å². The van der Waals surface area contributed by atoms with Crippen LogP contribution in [0.15, 0.2) is 60.9 Å². The third-order valence-electron chi connectivity index (χ3n) is 7.07. The average Bonchev–Trinajstić information content (AvgIpc) is 2.95. The molecule has 4 rings (SSSR count). The molecule has 9 nitrogen and oxygen atoms in total. The summed E-state index contributed by atoms with van der Waals surface area (Å²) in [5, 5.41) is 9.92. The number of nitrogens with one attached hydrogen (secondary N) is 1. The quantitative estimate of drug-likeness (QED) is 0.393. The first kappa shape index (κ1) is 31.8. The number of piperazine rings is 1. The van der Waals surface area contributed by atoms with Crippen LogP contribution in [0.3, 0.4) is 0 Å². The molecule has 1 saturated heterocycles. The Bertz CT molecular complexity index is 1600. The number of hydrogen-bond donors (Lipinski definition) is 2. The molecule has 2 heterocycles. The van der Waals surface area contributed by atoms with Crippen molar-refractivity contribution >= 4 is 27.5 Å². The number of sulfonamides is 1. The van der Waals surface area contributed by atoms with E-state index in [1.54, 1.807) is 40.1 Å². The molecule has 1 aliphatic rings. The summed E-state index contributed by atoms with van der Waals surface area (Å²) in [7, 11) is -4.44. The smallest absolute Gasteiger partial charge is 0.390 e. The lowest BCUT2D eigenvalue weighted by Gasteiger charge is -2.36. The molecule has 0 spiro atoms. The van der Waals surface area contributed by atoms with E-state index in [4.69, 9.17) is 0 Å². The standard InChI is InChI=1S/C30H33F3N4O5S/c1-29(2,3)24-15-21(23-17-26(38)19-34-18-23)14-22(16-24)28(40)37-11-9-36(10-12-37)25-6-4-20(5-7-25)27(39)35-43(41,42)13-8-30(31,32)33/h4-7,14-19,38H,8-13H2,1-3H3,(H,35,39). The van der Waals surface area contributed by atoms with Crippen LogP contribution < -0.4 is 9.62 Å². The molecule has 0 radical (unpaired) electrons. The lowest BCUT2D eigenvalue weighted by Crippen LogP contribution is -2.48. The summed E-state index contributed by atoms with van der Waals surface area (Å²) in [4.78, 5) is 33.7. The lowest BCUT2D eigenvalue weighted by atomic mass is 9.84. The molecule has 1 aliphatic heterocycles. The zero-order valence-electron chi connectivity index (χ0n) is 24.0. The molecule has 0 bridgehead atoms. The summed E-state index contributed by atoms with van der Waals surface area (Å²) in [5.74, 6) is -2.35. The second-order valence-corrected chi connectivity index (χ2v) is 13.3. The summed E-state index contributed by atoms with van der Waals surface area (Å²) in [6.07, 6.45) is -3.23.